The predicted molar refractivity (Wildman–Crippen MR) is 41.2 cm³/mol. The molecule has 0 aliphatic heterocycles. The second-order valence-corrected chi connectivity index (χ2v) is 2.90. The van der Waals surface area contributed by atoms with Gasteiger partial charge in [0.15, 0.2) is 0 Å². The minimum absolute atomic E-state index is 0.250. The van der Waals surface area contributed by atoms with Gasteiger partial charge in [-0.15, -0.1) is 0 Å². The van der Waals surface area contributed by atoms with Gasteiger partial charge in [0.1, 0.15) is 18.3 Å². The highest BCUT2D eigenvalue weighted by atomic mass is 16.4. The van der Waals surface area contributed by atoms with Crippen LogP contribution < -0.4 is 5.73 Å². The molecule has 1 aliphatic rings. The SMILES string of the molecule is NC1C=C(CO)C(O)[C@H](O)C1O. The Morgan fingerprint density at radius 3 is 2.33 bits per heavy atom. The molecule has 4 atom stereocenters. The summed E-state index contributed by atoms with van der Waals surface area (Å²) in [5.41, 5.74) is 5.64. The van der Waals surface area contributed by atoms with Crippen molar-refractivity contribution in [2.75, 3.05) is 6.61 Å². The quantitative estimate of drug-likeness (QED) is 0.279. The Balaban J connectivity index is 2.84. The van der Waals surface area contributed by atoms with Crippen molar-refractivity contribution in [3.8, 4) is 0 Å². The molecule has 6 N–H and O–H groups in total. The van der Waals surface area contributed by atoms with Crippen LogP contribution in [0.25, 0.3) is 0 Å². The zero-order valence-electron chi connectivity index (χ0n) is 6.46. The fourth-order valence-electron chi connectivity index (χ4n) is 1.22. The van der Waals surface area contributed by atoms with E-state index in [9.17, 15) is 10.2 Å². The van der Waals surface area contributed by atoms with Gasteiger partial charge in [-0.2, -0.15) is 0 Å². The lowest BCUT2D eigenvalue weighted by molar-refractivity contribution is -0.0596. The van der Waals surface area contributed by atoms with Crippen molar-refractivity contribution in [2.45, 2.75) is 24.4 Å². The molecule has 12 heavy (non-hydrogen) atoms. The van der Waals surface area contributed by atoms with Crippen LogP contribution in [0.4, 0.5) is 0 Å². The molecule has 1 rings (SSSR count). The highest BCUT2D eigenvalue weighted by Crippen LogP contribution is 2.18. The summed E-state index contributed by atoms with van der Waals surface area (Å²) in [7, 11) is 0. The van der Waals surface area contributed by atoms with Gasteiger partial charge >= 0.3 is 0 Å². The Labute approximate surface area is 69.8 Å². The first-order chi connectivity index (χ1) is 5.57. The predicted octanol–water partition coefficient (Wildman–Crippen LogP) is -2.67. The molecule has 5 heteroatoms. The molecule has 0 spiro atoms. The summed E-state index contributed by atoms with van der Waals surface area (Å²) in [6, 6.07) is -0.731. The summed E-state index contributed by atoms with van der Waals surface area (Å²) in [6.45, 7) is -0.362. The second-order valence-electron chi connectivity index (χ2n) is 2.90. The van der Waals surface area contributed by atoms with Gasteiger partial charge in [0.05, 0.1) is 12.6 Å². The summed E-state index contributed by atoms with van der Waals surface area (Å²) in [5, 5.41) is 36.3. The molecule has 0 radical (unpaired) electrons. The first-order valence-electron chi connectivity index (χ1n) is 3.69. The molecule has 3 unspecified atom stereocenters. The first kappa shape index (κ1) is 9.63. The van der Waals surface area contributed by atoms with Crippen molar-refractivity contribution in [1.29, 1.82) is 0 Å². The van der Waals surface area contributed by atoms with E-state index >= 15 is 0 Å². The van der Waals surface area contributed by atoms with Crippen molar-refractivity contribution in [3.05, 3.63) is 11.6 Å². The van der Waals surface area contributed by atoms with E-state index in [1.165, 1.54) is 6.08 Å². The van der Waals surface area contributed by atoms with Gasteiger partial charge in [0.25, 0.3) is 0 Å². The zero-order valence-corrected chi connectivity index (χ0v) is 6.46. The van der Waals surface area contributed by atoms with Crippen LogP contribution in [0.15, 0.2) is 11.6 Å². The fourth-order valence-corrected chi connectivity index (χ4v) is 1.22. The Bertz CT molecular complexity index is 194. The number of hydrogen-bond acceptors (Lipinski definition) is 5. The molecular formula is C7H13NO4. The first-order valence-corrected chi connectivity index (χ1v) is 3.69. The smallest absolute Gasteiger partial charge is 0.111 e. The van der Waals surface area contributed by atoms with Crippen molar-refractivity contribution < 1.29 is 20.4 Å². The minimum Gasteiger partial charge on any atom is -0.392 e. The maximum absolute atomic E-state index is 9.23. The number of nitrogens with two attached hydrogens (primary N) is 1. The molecule has 0 saturated heterocycles. The number of rotatable bonds is 1. The van der Waals surface area contributed by atoms with E-state index in [4.69, 9.17) is 15.9 Å². The number of aliphatic hydroxyl groups is 4. The van der Waals surface area contributed by atoms with Crippen LogP contribution in [0.5, 0.6) is 0 Å². The van der Waals surface area contributed by atoms with Crippen molar-refractivity contribution in [3.63, 3.8) is 0 Å². The largest absolute Gasteiger partial charge is 0.392 e. The monoisotopic (exact) mass is 175 g/mol. The molecule has 5 nitrogen and oxygen atoms in total. The van der Waals surface area contributed by atoms with Gasteiger partial charge in [0, 0.05) is 0 Å². The molecule has 1 aliphatic carbocycles. The average Bonchev–Trinajstić information content (AvgIpc) is 2.08. The van der Waals surface area contributed by atoms with Gasteiger partial charge in [-0.05, 0) is 5.57 Å². The van der Waals surface area contributed by atoms with E-state index in [1.807, 2.05) is 0 Å². The summed E-state index contributed by atoms with van der Waals surface area (Å²) < 4.78 is 0. The van der Waals surface area contributed by atoms with E-state index in [0.29, 0.717) is 0 Å². The molecule has 0 aromatic rings. The molecule has 0 bridgehead atoms. The van der Waals surface area contributed by atoms with Gasteiger partial charge < -0.3 is 26.2 Å². The Kier molecular flexibility index (Phi) is 2.81. The third-order valence-electron chi connectivity index (χ3n) is 2.04. The van der Waals surface area contributed by atoms with Gasteiger partial charge in [-0.25, -0.2) is 0 Å². The summed E-state index contributed by atoms with van der Waals surface area (Å²) in [5.74, 6) is 0. The summed E-state index contributed by atoms with van der Waals surface area (Å²) in [6.07, 6.45) is -2.34. The van der Waals surface area contributed by atoms with E-state index in [1.54, 1.807) is 0 Å². The van der Waals surface area contributed by atoms with Crippen LogP contribution in [0.1, 0.15) is 0 Å². The summed E-state index contributed by atoms with van der Waals surface area (Å²) >= 11 is 0. The Morgan fingerprint density at radius 2 is 1.83 bits per heavy atom. The molecule has 0 saturated carbocycles. The van der Waals surface area contributed by atoms with Crippen molar-refractivity contribution >= 4 is 0 Å². The molecule has 0 heterocycles. The van der Waals surface area contributed by atoms with Gasteiger partial charge in [-0.1, -0.05) is 6.08 Å². The highest BCUT2D eigenvalue weighted by molar-refractivity contribution is 5.20. The molecule has 0 amide bonds. The second kappa shape index (κ2) is 3.51. The Hall–Kier alpha value is -0.460. The van der Waals surface area contributed by atoms with Crippen molar-refractivity contribution in [1.82, 2.24) is 0 Å². The van der Waals surface area contributed by atoms with Gasteiger partial charge in [0.2, 0.25) is 0 Å². The average molecular weight is 175 g/mol. The van der Waals surface area contributed by atoms with Crippen molar-refractivity contribution in [2.24, 2.45) is 5.73 Å². The minimum atomic E-state index is -1.31. The third-order valence-corrected chi connectivity index (χ3v) is 2.04. The third kappa shape index (κ3) is 1.50. The van der Waals surface area contributed by atoms with E-state index in [0.717, 1.165) is 0 Å². The lowest BCUT2D eigenvalue weighted by Crippen LogP contribution is -2.52. The topological polar surface area (TPSA) is 107 Å². The molecule has 70 valence electrons. The Morgan fingerprint density at radius 1 is 1.25 bits per heavy atom. The van der Waals surface area contributed by atoms with Crippen LogP contribution in [0, 0.1) is 0 Å². The highest BCUT2D eigenvalue weighted by Gasteiger charge is 2.34. The van der Waals surface area contributed by atoms with Crippen LogP contribution in [0.2, 0.25) is 0 Å². The van der Waals surface area contributed by atoms with E-state index < -0.39 is 24.4 Å². The van der Waals surface area contributed by atoms with E-state index in [2.05, 4.69) is 0 Å². The van der Waals surface area contributed by atoms with Crippen LogP contribution >= 0.6 is 0 Å². The molecular weight excluding hydrogens is 162 g/mol. The molecule has 0 aromatic carbocycles. The van der Waals surface area contributed by atoms with Crippen LogP contribution in [-0.2, 0) is 0 Å². The lowest BCUT2D eigenvalue weighted by atomic mass is 9.89. The van der Waals surface area contributed by atoms with Gasteiger partial charge in [-0.3, -0.25) is 0 Å². The number of aliphatic hydroxyl groups excluding tert-OH is 4. The maximum atomic E-state index is 9.23. The number of hydrogen-bond donors (Lipinski definition) is 5. The van der Waals surface area contributed by atoms with Crippen LogP contribution in [-0.4, -0.2) is 51.4 Å². The standard InChI is InChI=1S/C7H13NO4/c8-4-1-3(2-9)5(10)7(12)6(4)11/h1,4-7,9-12H,2,8H2/t4?,5?,6?,7-/m0/s1. The fraction of sp³-hybridized carbons (Fsp3) is 0.714. The molecule has 0 aromatic heterocycles. The lowest BCUT2D eigenvalue weighted by Gasteiger charge is -2.32. The van der Waals surface area contributed by atoms with Crippen LogP contribution in [0.3, 0.4) is 0 Å². The maximum Gasteiger partial charge on any atom is 0.111 e. The molecule has 0 fully saturated rings. The summed E-state index contributed by atoms with van der Waals surface area (Å²) in [4.78, 5) is 0. The van der Waals surface area contributed by atoms with E-state index in [-0.39, 0.29) is 12.2 Å². The normalized spacial score (nSPS) is 42.6. The zero-order chi connectivity index (χ0) is 9.30.